The molecule has 7 heavy (non-hydrogen) atoms. The molecule has 0 aromatic carbocycles. The normalized spacial score (nSPS) is 12.7. The average molecular weight is 98.1 g/mol. The van der Waals surface area contributed by atoms with E-state index in [-0.39, 0.29) is 5.92 Å². The van der Waals surface area contributed by atoms with E-state index in [1.165, 1.54) is 0 Å². The second-order valence-electron chi connectivity index (χ2n) is 1.44. The first-order chi connectivity index (χ1) is 3.35. The number of carbonyl (C=O) groups is 1. The molecule has 0 amide bonds. The smallest absolute Gasteiger partial charge is 0.126 e. The van der Waals surface area contributed by atoms with E-state index in [2.05, 4.69) is 6.58 Å². The highest BCUT2D eigenvalue weighted by Crippen LogP contribution is 1.96. The molecule has 0 rings (SSSR count). The monoisotopic (exact) mass is 98.1 g/mol. The minimum Gasteiger partial charge on any atom is -0.303 e. The van der Waals surface area contributed by atoms with Crippen LogP contribution in [0.25, 0.3) is 0 Å². The fourth-order valence-electron chi connectivity index (χ4n) is 0.318. The molecule has 0 radical (unpaired) electrons. The first-order valence-electron chi connectivity index (χ1n) is 2.43. The van der Waals surface area contributed by atoms with Crippen LogP contribution in [0.5, 0.6) is 0 Å². The molecule has 0 spiro atoms. The van der Waals surface area contributed by atoms with Crippen LogP contribution in [0.2, 0.25) is 0 Å². The second kappa shape index (κ2) is 3.59. The molecule has 40 valence electrons. The molecule has 1 nitrogen and oxygen atoms in total. The quantitative estimate of drug-likeness (QED) is 0.385. The third-order valence-corrected chi connectivity index (χ3v) is 0.949. The largest absolute Gasteiger partial charge is 0.303 e. The lowest BCUT2D eigenvalue weighted by Gasteiger charge is -1.92. The van der Waals surface area contributed by atoms with Gasteiger partial charge < -0.3 is 4.79 Å². The van der Waals surface area contributed by atoms with Crippen molar-refractivity contribution in [2.45, 2.75) is 13.3 Å². The summed E-state index contributed by atoms with van der Waals surface area (Å²) in [5, 5.41) is 0. The highest BCUT2D eigenvalue weighted by molar-refractivity contribution is 5.55. The van der Waals surface area contributed by atoms with E-state index >= 15 is 0 Å². The van der Waals surface area contributed by atoms with Crippen LogP contribution < -0.4 is 0 Å². The molecule has 0 bridgehead atoms. The molecule has 1 atom stereocenters. The molecule has 0 aliphatic rings. The van der Waals surface area contributed by atoms with E-state index in [0.717, 1.165) is 12.7 Å². The summed E-state index contributed by atoms with van der Waals surface area (Å²) < 4.78 is 0. The lowest BCUT2D eigenvalue weighted by Crippen LogP contribution is -1.92. The highest BCUT2D eigenvalue weighted by Gasteiger charge is 1.92. The first-order valence-corrected chi connectivity index (χ1v) is 2.43. The van der Waals surface area contributed by atoms with Gasteiger partial charge in [-0.25, -0.2) is 0 Å². The van der Waals surface area contributed by atoms with Crippen molar-refractivity contribution in [3.05, 3.63) is 12.7 Å². The van der Waals surface area contributed by atoms with Crippen LogP contribution >= 0.6 is 0 Å². The molecule has 0 N–H and O–H groups in total. The third kappa shape index (κ3) is 2.15. The van der Waals surface area contributed by atoms with Gasteiger partial charge in [0.2, 0.25) is 0 Å². The molecule has 0 aliphatic heterocycles. The van der Waals surface area contributed by atoms with Crippen LogP contribution in [0.1, 0.15) is 13.3 Å². The summed E-state index contributed by atoms with van der Waals surface area (Å²) in [6.07, 6.45) is 3.44. The molecule has 0 fully saturated rings. The van der Waals surface area contributed by atoms with E-state index in [1.54, 1.807) is 6.08 Å². The number of carbonyl (C=O) groups excluding carboxylic acids is 1. The van der Waals surface area contributed by atoms with Crippen LogP contribution in [0.3, 0.4) is 0 Å². The minimum atomic E-state index is 0.0694. The summed E-state index contributed by atoms with van der Waals surface area (Å²) in [7, 11) is 0. The summed E-state index contributed by atoms with van der Waals surface area (Å²) in [6, 6.07) is 0. The van der Waals surface area contributed by atoms with Crippen molar-refractivity contribution in [2.75, 3.05) is 0 Å². The van der Waals surface area contributed by atoms with Gasteiger partial charge >= 0.3 is 0 Å². The fraction of sp³-hybridized carbons (Fsp3) is 0.500. The topological polar surface area (TPSA) is 17.1 Å². The van der Waals surface area contributed by atoms with E-state index < -0.39 is 0 Å². The summed E-state index contributed by atoms with van der Waals surface area (Å²) in [4.78, 5) is 9.90. The Morgan fingerprint density at radius 1 is 1.86 bits per heavy atom. The number of aldehydes is 1. The molecule has 1 heteroatoms. The highest BCUT2D eigenvalue weighted by atomic mass is 16.1. The van der Waals surface area contributed by atoms with Crippen LogP contribution in [-0.2, 0) is 4.79 Å². The molecule has 0 unspecified atom stereocenters. The van der Waals surface area contributed by atoms with Gasteiger partial charge in [0.05, 0.1) is 0 Å². The Bertz CT molecular complexity index is 58.6. The molecular weight excluding hydrogens is 88.1 g/mol. The van der Waals surface area contributed by atoms with Crippen molar-refractivity contribution in [2.24, 2.45) is 5.92 Å². The lowest BCUT2D eigenvalue weighted by atomic mass is 10.1. The van der Waals surface area contributed by atoms with Gasteiger partial charge in [0.15, 0.2) is 0 Å². The van der Waals surface area contributed by atoms with Gasteiger partial charge in [0, 0.05) is 5.92 Å². The van der Waals surface area contributed by atoms with Crippen molar-refractivity contribution >= 4 is 6.29 Å². The van der Waals surface area contributed by atoms with Crippen molar-refractivity contribution < 1.29 is 4.79 Å². The molecule has 0 aromatic heterocycles. The number of allylic oxidation sites excluding steroid dienone is 1. The van der Waals surface area contributed by atoms with Gasteiger partial charge in [-0.1, -0.05) is 13.0 Å². The van der Waals surface area contributed by atoms with Gasteiger partial charge in [0.1, 0.15) is 6.29 Å². The Kier molecular flexibility index (Phi) is 3.29. The standard InChI is InChI=1S/C6H10O/c1-3-6(4-2)5-7/h3,5-6H,1,4H2,2H3/t6-/m1/s1. The number of hydrogen-bond acceptors (Lipinski definition) is 1. The Morgan fingerprint density at radius 3 is 2.43 bits per heavy atom. The Morgan fingerprint density at radius 2 is 2.43 bits per heavy atom. The third-order valence-electron chi connectivity index (χ3n) is 0.949. The minimum absolute atomic E-state index is 0.0694. The fourth-order valence-corrected chi connectivity index (χ4v) is 0.318. The maximum atomic E-state index is 9.90. The maximum Gasteiger partial charge on any atom is 0.126 e. The Balaban J connectivity index is 3.36. The van der Waals surface area contributed by atoms with Crippen LogP contribution in [0.15, 0.2) is 12.7 Å². The number of rotatable bonds is 3. The van der Waals surface area contributed by atoms with Crippen molar-refractivity contribution in [3.63, 3.8) is 0 Å². The second-order valence-corrected chi connectivity index (χ2v) is 1.44. The van der Waals surface area contributed by atoms with Gasteiger partial charge in [-0.15, -0.1) is 6.58 Å². The Hall–Kier alpha value is -0.590. The zero-order valence-electron chi connectivity index (χ0n) is 4.55. The van der Waals surface area contributed by atoms with Crippen LogP contribution in [-0.4, -0.2) is 6.29 Å². The van der Waals surface area contributed by atoms with Crippen LogP contribution in [0.4, 0.5) is 0 Å². The molecule has 0 heterocycles. The molecular formula is C6H10O. The molecule has 0 saturated carbocycles. The van der Waals surface area contributed by atoms with Gasteiger partial charge in [-0.3, -0.25) is 0 Å². The summed E-state index contributed by atoms with van der Waals surface area (Å²) >= 11 is 0. The van der Waals surface area contributed by atoms with Gasteiger partial charge in [-0.05, 0) is 6.42 Å². The predicted octanol–water partition coefficient (Wildman–Crippen LogP) is 1.40. The molecule has 0 aromatic rings. The molecule has 0 saturated heterocycles. The lowest BCUT2D eigenvalue weighted by molar-refractivity contribution is -0.109. The van der Waals surface area contributed by atoms with Gasteiger partial charge in [-0.2, -0.15) is 0 Å². The van der Waals surface area contributed by atoms with Crippen LogP contribution in [0, 0.1) is 5.92 Å². The SMILES string of the molecule is C=C[C@@H](C=O)CC. The zero-order valence-corrected chi connectivity index (χ0v) is 4.55. The first kappa shape index (κ1) is 6.41. The molecule has 0 aliphatic carbocycles. The maximum absolute atomic E-state index is 9.90. The van der Waals surface area contributed by atoms with Crippen molar-refractivity contribution in [1.29, 1.82) is 0 Å². The Labute approximate surface area is 44.0 Å². The zero-order chi connectivity index (χ0) is 5.70. The average Bonchev–Trinajstić information content (AvgIpc) is 1.72. The van der Waals surface area contributed by atoms with E-state index in [1.807, 2.05) is 6.92 Å². The van der Waals surface area contributed by atoms with E-state index in [0.29, 0.717) is 0 Å². The summed E-state index contributed by atoms with van der Waals surface area (Å²) in [5.74, 6) is 0.0694. The number of hydrogen-bond donors (Lipinski definition) is 0. The van der Waals surface area contributed by atoms with E-state index in [4.69, 9.17) is 0 Å². The van der Waals surface area contributed by atoms with Crippen molar-refractivity contribution in [3.8, 4) is 0 Å². The summed E-state index contributed by atoms with van der Waals surface area (Å²) in [5.41, 5.74) is 0. The van der Waals surface area contributed by atoms with Gasteiger partial charge in [0.25, 0.3) is 0 Å². The predicted molar refractivity (Wildman–Crippen MR) is 30.0 cm³/mol. The van der Waals surface area contributed by atoms with E-state index in [9.17, 15) is 4.79 Å². The van der Waals surface area contributed by atoms with Crippen molar-refractivity contribution in [1.82, 2.24) is 0 Å². The summed E-state index contributed by atoms with van der Waals surface area (Å²) in [6.45, 7) is 5.43.